The fourth-order valence-electron chi connectivity index (χ4n) is 3.05. The summed E-state index contributed by atoms with van der Waals surface area (Å²) >= 11 is 0. The van der Waals surface area contributed by atoms with Gasteiger partial charge in [0.1, 0.15) is 0 Å². The molecule has 1 aliphatic rings. The highest BCUT2D eigenvalue weighted by atomic mass is 16.5. The second-order valence-electron chi connectivity index (χ2n) is 5.52. The first-order chi connectivity index (χ1) is 6.91. The average molecular weight is 213 g/mol. The number of piperidine rings is 1. The Balaban J connectivity index is 2.54. The van der Waals surface area contributed by atoms with Gasteiger partial charge in [0.2, 0.25) is 0 Å². The summed E-state index contributed by atoms with van der Waals surface area (Å²) in [4.78, 5) is 2.61. The molecular weight excluding hydrogens is 186 g/mol. The fourth-order valence-corrected chi connectivity index (χ4v) is 3.05. The monoisotopic (exact) mass is 213 g/mol. The first kappa shape index (κ1) is 13.0. The first-order valence-corrected chi connectivity index (χ1v) is 6.34. The van der Waals surface area contributed by atoms with Crippen LogP contribution in [0.25, 0.3) is 0 Å². The molecule has 2 nitrogen and oxygen atoms in total. The van der Waals surface area contributed by atoms with Gasteiger partial charge in [-0.2, -0.15) is 0 Å². The van der Waals surface area contributed by atoms with Crippen LogP contribution in [0.15, 0.2) is 0 Å². The van der Waals surface area contributed by atoms with Crippen LogP contribution in [0.1, 0.15) is 54.4 Å². The standard InChI is InChI=1S/C13H27NO/c1-9(2)14-11(5)7-13(8-12(14)6)15-10(3)4/h9-13H,7-8H2,1-6H3/t11-,12+,13+. The summed E-state index contributed by atoms with van der Waals surface area (Å²) < 4.78 is 5.93. The summed E-state index contributed by atoms with van der Waals surface area (Å²) in [7, 11) is 0. The van der Waals surface area contributed by atoms with E-state index in [-0.39, 0.29) is 0 Å². The van der Waals surface area contributed by atoms with Crippen LogP contribution >= 0.6 is 0 Å². The molecule has 0 bridgehead atoms. The van der Waals surface area contributed by atoms with Gasteiger partial charge >= 0.3 is 0 Å². The van der Waals surface area contributed by atoms with Gasteiger partial charge in [-0.1, -0.05) is 0 Å². The molecule has 0 spiro atoms. The minimum absolute atomic E-state index is 0.361. The van der Waals surface area contributed by atoms with Gasteiger partial charge in [-0.05, 0) is 54.4 Å². The quantitative estimate of drug-likeness (QED) is 0.714. The molecule has 0 aromatic carbocycles. The van der Waals surface area contributed by atoms with E-state index in [1.807, 2.05) is 0 Å². The summed E-state index contributed by atoms with van der Waals surface area (Å²) in [5.74, 6) is 0. The second kappa shape index (κ2) is 5.31. The highest BCUT2D eigenvalue weighted by Gasteiger charge is 2.32. The molecule has 1 saturated heterocycles. The first-order valence-electron chi connectivity index (χ1n) is 6.34. The molecule has 1 rings (SSSR count). The van der Waals surface area contributed by atoms with E-state index in [2.05, 4.69) is 46.4 Å². The van der Waals surface area contributed by atoms with Crippen LogP contribution in [0.2, 0.25) is 0 Å². The molecule has 0 N–H and O–H groups in total. The summed E-state index contributed by atoms with van der Waals surface area (Å²) in [5, 5.41) is 0. The van der Waals surface area contributed by atoms with Crippen molar-refractivity contribution < 1.29 is 4.74 Å². The van der Waals surface area contributed by atoms with Gasteiger partial charge in [-0.25, -0.2) is 0 Å². The Morgan fingerprint density at radius 2 is 1.47 bits per heavy atom. The summed E-state index contributed by atoms with van der Waals surface area (Å²) in [6, 6.07) is 1.95. The highest BCUT2D eigenvalue weighted by Crippen LogP contribution is 2.27. The van der Waals surface area contributed by atoms with Crippen LogP contribution in [-0.2, 0) is 4.74 Å². The van der Waals surface area contributed by atoms with Gasteiger partial charge in [-0.15, -0.1) is 0 Å². The van der Waals surface area contributed by atoms with Crippen LogP contribution in [0, 0.1) is 0 Å². The third-order valence-corrected chi connectivity index (χ3v) is 3.29. The molecule has 0 radical (unpaired) electrons. The minimum Gasteiger partial charge on any atom is -0.375 e. The molecule has 0 amide bonds. The molecular formula is C13H27NO. The van der Waals surface area contributed by atoms with E-state index in [0.717, 1.165) is 0 Å². The van der Waals surface area contributed by atoms with Crippen molar-refractivity contribution in [2.75, 3.05) is 0 Å². The van der Waals surface area contributed by atoms with Crippen LogP contribution in [-0.4, -0.2) is 35.2 Å². The summed E-state index contributed by atoms with van der Waals surface area (Å²) in [5.41, 5.74) is 0. The van der Waals surface area contributed by atoms with E-state index in [1.165, 1.54) is 12.8 Å². The van der Waals surface area contributed by atoms with Gasteiger partial charge in [0.15, 0.2) is 0 Å². The van der Waals surface area contributed by atoms with Gasteiger partial charge in [0.05, 0.1) is 12.2 Å². The van der Waals surface area contributed by atoms with E-state index in [9.17, 15) is 0 Å². The zero-order chi connectivity index (χ0) is 11.6. The molecule has 2 heteroatoms. The van der Waals surface area contributed by atoms with E-state index < -0.39 is 0 Å². The maximum absolute atomic E-state index is 5.93. The predicted octanol–water partition coefficient (Wildman–Crippen LogP) is 3.06. The summed E-state index contributed by atoms with van der Waals surface area (Å²) in [6.45, 7) is 13.5. The molecule has 0 unspecified atom stereocenters. The number of likely N-dealkylation sites (tertiary alicyclic amines) is 1. The Bertz CT molecular complexity index is 179. The SMILES string of the molecule is CC(C)O[C@H]1C[C@@H](C)N(C(C)C)[C@@H](C)C1. The lowest BCUT2D eigenvalue weighted by atomic mass is 9.93. The van der Waals surface area contributed by atoms with Crippen molar-refractivity contribution in [3.05, 3.63) is 0 Å². The number of rotatable bonds is 3. The Morgan fingerprint density at radius 1 is 1.00 bits per heavy atom. The molecule has 15 heavy (non-hydrogen) atoms. The fraction of sp³-hybridized carbons (Fsp3) is 1.00. The lowest BCUT2D eigenvalue weighted by Crippen LogP contribution is -2.52. The third-order valence-electron chi connectivity index (χ3n) is 3.29. The van der Waals surface area contributed by atoms with Gasteiger partial charge in [0, 0.05) is 18.1 Å². The Hall–Kier alpha value is -0.0800. The van der Waals surface area contributed by atoms with E-state index in [1.54, 1.807) is 0 Å². The van der Waals surface area contributed by atoms with Crippen molar-refractivity contribution in [3.63, 3.8) is 0 Å². The molecule has 3 atom stereocenters. The van der Waals surface area contributed by atoms with Crippen molar-refractivity contribution in [2.24, 2.45) is 0 Å². The topological polar surface area (TPSA) is 12.5 Å². The largest absolute Gasteiger partial charge is 0.375 e. The number of hydrogen-bond donors (Lipinski definition) is 0. The van der Waals surface area contributed by atoms with Crippen molar-refractivity contribution in [3.8, 4) is 0 Å². The average Bonchev–Trinajstić information content (AvgIpc) is 1.99. The van der Waals surface area contributed by atoms with E-state index >= 15 is 0 Å². The van der Waals surface area contributed by atoms with Crippen molar-refractivity contribution in [1.29, 1.82) is 0 Å². The molecule has 0 aromatic rings. The Morgan fingerprint density at radius 3 is 1.80 bits per heavy atom. The minimum atomic E-state index is 0.361. The second-order valence-corrected chi connectivity index (χ2v) is 5.52. The van der Waals surface area contributed by atoms with Crippen molar-refractivity contribution >= 4 is 0 Å². The molecule has 1 heterocycles. The zero-order valence-electron chi connectivity index (χ0n) is 11.2. The number of ether oxygens (including phenoxy) is 1. The van der Waals surface area contributed by atoms with Crippen molar-refractivity contribution in [1.82, 2.24) is 4.90 Å². The Kier molecular flexibility index (Phi) is 4.60. The van der Waals surface area contributed by atoms with Crippen LogP contribution in [0.4, 0.5) is 0 Å². The summed E-state index contributed by atoms with van der Waals surface area (Å²) in [6.07, 6.45) is 3.19. The molecule has 1 aliphatic heterocycles. The maximum atomic E-state index is 5.93. The molecule has 90 valence electrons. The maximum Gasteiger partial charge on any atom is 0.0608 e. The van der Waals surface area contributed by atoms with E-state index in [4.69, 9.17) is 4.74 Å². The van der Waals surface area contributed by atoms with Crippen LogP contribution < -0.4 is 0 Å². The van der Waals surface area contributed by atoms with Crippen LogP contribution in [0.3, 0.4) is 0 Å². The molecule has 0 aliphatic carbocycles. The molecule has 0 saturated carbocycles. The van der Waals surface area contributed by atoms with Crippen molar-refractivity contribution in [2.45, 2.75) is 84.7 Å². The van der Waals surface area contributed by atoms with Crippen LogP contribution in [0.5, 0.6) is 0 Å². The van der Waals surface area contributed by atoms with Gasteiger partial charge in [0.25, 0.3) is 0 Å². The normalized spacial score (nSPS) is 34.0. The smallest absolute Gasteiger partial charge is 0.0608 e. The Labute approximate surface area is 95.0 Å². The van der Waals surface area contributed by atoms with E-state index in [0.29, 0.717) is 30.3 Å². The number of nitrogens with zero attached hydrogens (tertiary/aromatic N) is 1. The number of hydrogen-bond acceptors (Lipinski definition) is 2. The van der Waals surface area contributed by atoms with Gasteiger partial charge in [-0.3, -0.25) is 4.90 Å². The molecule has 0 aromatic heterocycles. The lowest BCUT2D eigenvalue weighted by molar-refractivity contribution is -0.0663. The predicted molar refractivity (Wildman–Crippen MR) is 65.1 cm³/mol. The highest BCUT2D eigenvalue weighted by molar-refractivity contribution is 4.87. The van der Waals surface area contributed by atoms with Gasteiger partial charge < -0.3 is 4.74 Å². The molecule has 1 fully saturated rings. The lowest BCUT2D eigenvalue weighted by Gasteiger charge is -2.45. The third kappa shape index (κ3) is 3.46. The zero-order valence-corrected chi connectivity index (χ0v) is 11.2.